The van der Waals surface area contributed by atoms with Crippen LogP contribution in [0.5, 0.6) is 5.75 Å². The zero-order valence-corrected chi connectivity index (χ0v) is 13.3. The Bertz CT molecular complexity index is 554. The Morgan fingerprint density at radius 1 is 0.857 bits per heavy atom. The zero-order valence-electron chi connectivity index (χ0n) is 13.3. The number of nitrogens with one attached hydrogen (secondary N) is 1. The van der Waals surface area contributed by atoms with Crippen molar-refractivity contribution >= 4 is 0 Å². The molecule has 0 heterocycles. The minimum Gasteiger partial charge on any atom is -0.508 e. The SMILES string of the molecule is CC(NC(c1ccccc1)c1ccc(O)cc1)C(C)(C)C. The minimum atomic E-state index is 0.126. The lowest BCUT2D eigenvalue weighted by atomic mass is 9.86. The molecule has 0 saturated heterocycles. The smallest absolute Gasteiger partial charge is 0.115 e. The molecule has 0 spiro atoms. The summed E-state index contributed by atoms with van der Waals surface area (Å²) in [6.07, 6.45) is 0. The standard InChI is InChI=1S/C19H25NO/c1-14(19(2,3)4)20-18(15-8-6-5-7-9-15)16-10-12-17(21)13-11-16/h5-14,18,20-21H,1-4H3. The normalized spacial score (nSPS) is 14.7. The average molecular weight is 283 g/mol. The molecule has 2 unspecified atom stereocenters. The van der Waals surface area contributed by atoms with Gasteiger partial charge in [0.1, 0.15) is 5.75 Å². The van der Waals surface area contributed by atoms with Gasteiger partial charge in [0.15, 0.2) is 0 Å². The maximum Gasteiger partial charge on any atom is 0.115 e. The van der Waals surface area contributed by atoms with Crippen molar-refractivity contribution in [3.05, 3.63) is 65.7 Å². The first-order valence-electron chi connectivity index (χ1n) is 7.48. The fourth-order valence-corrected chi connectivity index (χ4v) is 2.20. The summed E-state index contributed by atoms with van der Waals surface area (Å²) in [5.74, 6) is 0.300. The van der Waals surface area contributed by atoms with Crippen molar-refractivity contribution in [2.24, 2.45) is 5.41 Å². The van der Waals surface area contributed by atoms with E-state index in [9.17, 15) is 5.11 Å². The number of hydrogen-bond donors (Lipinski definition) is 2. The maximum absolute atomic E-state index is 9.50. The third kappa shape index (κ3) is 4.08. The van der Waals surface area contributed by atoms with Gasteiger partial charge in [-0.1, -0.05) is 63.2 Å². The quantitative estimate of drug-likeness (QED) is 0.865. The van der Waals surface area contributed by atoms with Crippen LogP contribution in [0.2, 0.25) is 0 Å². The number of phenols is 1. The van der Waals surface area contributed by atoms with Gasteiger partial charge in [0.25, 0.3) is 0 Å². The second-order valence-electron chi connectivity index (χ2n) is 6.69. The van der Waals surface area contributed by atoms with Crippen molar-refractivity contribution in [3.8, 4) is 5.75 Å². The van der Waals surface area contributed by atoms with Gasteiger partial charge in [-0.25, -0.2) is 0 Å². The molecule has 2 aromatic carbocycles. The van der Waals surface area contributed by atoms with Crippen molar-refractivity contribution in [1.82, 2.24) is 5.32 Å². The summed E-state index contributed by atoms with van der Waals surface area (Å²) in [4.78, 5) is 0. The van der Waals surface area contributed by atoms with Gasteiger partial charge in [-0.05, 0) is 35.6 Å². The zero-order chi connectivity index (χ0) is 15.5. The van der Waals surface area contributed by atoms with Crippen LogP contribution in [-0.2, 0) is 0 Å². The van der Waals surface area contributed by atoms with E-state index in [2.05, 4.69) is 57.3 Å². The van der Waals surface area contributed by atoms with E-state index >= 15 is 0 Å². The summed E-state index contributed by atoms with van der Waals surface area (Å²) in [5.41, 5.74) is 2.58. The Kier molecular flexibility index (Phi) is 4.69. The molecule has 2 rings (SSSR count). The average Bonchev–Trinajstić information content (AvgIpc) is 2.45. The van der Waals surface area contributed by atoms with Crippen LogP contribution in [0.3, 0.4) is 0 Å². The molecule has 2 nitrogen and oxygen atoms in total. The molecule has 0 aromatic heterocycles. The second-order valence-corrected chi connectivity index (χ2v) is 6.69. The molecule has 0 aliphatic heterocycles. The number of phenolic OH excluding ortho intramolecular Hbond substituents is 1. The van der Waals surface area contributed by atoms with Crippen LogP contribution in [0.4, 0.5) is 0 Å². The van der Waals surface area contributed by atoms with Crippen molar-refractivity contribution < 1.29 is 5.11 Å². The second kappa shape index (κ2) is 6.31. The van der Waals surface area contributed by atoms with Crippen LogP contribution in [0, 0.1) is 5.41 Å². The Balaban J connectivity index is 2.33. The maximum atomic E-state index is 9.50. The summed E-state index contributed by atoms with van der Waals surface area (Å²) < 4.78 is 0. The Hall–Kier alpha value is -1.80. The molecule has 112 valence electrons. The first-order valence-corrected chi connectivity index (χ1v) is 7.48. The first kappa shape index (κ1) is 15.6. The highest BCUT2D eigenvalue weighted by Gasteiger charge is 2.24. The van der Waals surface area contributed by atoms with Crippen LogP contribution in [0.25, 0.3) is 0 Å². The lowest BCUT2D eigenvalue weighted by Gasteiger charge is -2.33. The van der Waals surface area contributed by atoms with E-state index in [1.807, 2.05) is 18.2 Å². The molecule has 0 bridgehead atoms. The Morgan fingerprint density at radius 3 is 1.90 bits per heavy atom. The molecule has 2 aromatic rings. The van der Waals surface area contributed by atoms with Gasteiger partial charge in [0.05, 0.1) is 6.04 Å². The molecule has 0 fully saturated rings. The fourth-order valence-electron chi connectivity index (χ4n) is 2.20. The molecule has 21 heavy (non-hydrogen) atoms. The highest BCUT2D eigenvalue weighted by molar-refractivity contribution is 5.35. The van der Waals surface area contributed by atoms with Gasteiger partial charge in [-0.2, -0.15) is 0 Å². The fraction of sp³-hybridized carbons (Fsp3) is 0.368. The highest BCUT2D eigenvalue weighted by atomic mass is 16.3. The summed E-state index contributed by atoms with van der Waals surface area (Å²) in [6.45, 7) is 8.94. The van der Waals surface area contributed by atoms with Crippen molar-refractivity contribution in [2.45, 2.75) is 39.8 Å². The van der Waals surface area contributed by atoms with E-state index in [0.717, 1.165) is 5.56 Å². The molecule has 0 saturated carbocycles. The van der Waals surface area contributed by atoms with E-state index in [0.29, 0.717) is 11.8 Å². The molecule has 0 aliphatic rings. The topological polar surface area (TPSA) is 32.3 Å². The molecule has 2 atom stereocenters. The first-order chi connectivity index (χ1) is 9.88. The third-order valence-corrected chi connectivity index (χ3v) is 4.08. The highest BCUT2D eigenvalue weighted by Crippen LogP contribution is 2.28. The van der Waals surface area contributed by atoms with E-state index in [1.54, 1.807) is 12.1 Å². The third-order valence-electron chi connectivity index (χ3n) is 4.08. The summed E-state index contributed by atoms with van der Waals surface area (Å²) in [6, 6.07) is 18.4. The van der Waals surface area contributed by atoms with Gasteiger partial charge >= 0.3 is 0 Å². The largest absolute Gasteiger partial charge is 0.508 e. The monoisotopic (exact) mass is 283 g/mol. The molecule has 2 heteroatoms. The van der Waals surface area contributed by atoms with Gasteiger partial charge in [0.2, 0.25) is 0 Å². The Labute approximate surface area is 127 Å². The minimum absolute atomic E-state index is 0.126. The van der Waals surface area contributed by atoms with Gasteiger partial charge in [-0.15, -0.1) is 0 Å². The molecule has 0 aliphatic carbocycles. The molecular formula is C19H25NO. The van der Waals surface area contributed by atoms with Crippen LogP contribution >= 0.6 is 0 Å². The van der Waals surface area contributed by atoms with E-state index < -0.39 is 0 Å². The van der Waals surface area contributed by atoms with Gasteiger partial charge in [-0.3, -0.25) is 0 Å². The molecular weight excluding hydrogens is 258 g/mol. The van der Waals surface area contributed by atoms with Crippen LogP contribution in [0.15, 0.2) is 54.6 Å². The lowest BCUT2D eigenvalue weighted by molar-refractivity contribution is 0.273. The lowest BCUT2D eigenvalue weighted by Crippen LogP contribution is -2.40. The molecule has 0 amide bonds. The van der Waals surface area contributed by atoms with Crippen molar-refractivity contribution in [3.63, 3.8) is 0 Å². The van der Waals surface area contributed by atoms with Crippen molar-refractivity contribution in [2.75, 3.05) is 0 Å². The number of benzene rings is 2. The number of hydrogen-bond acceptors (Lipinski definition) is 2. The van der Waals surface area contributed by atoms with Crippen LogP contribution < -0.4 is 5.32 Å². The van der Waals surface area contributed by atoms with Crippen LogP contribution in [-0.4, -0.2) is 11.1 Å². The molecule has 2 N–H and O–H groups in total. The summed E-state index contributed by atoms with van der Waals surface area (Å²) in [7, 11) is 0. The van der Waals surface area contributed by atoms with E-state index in [1.165, 1.54) is 5.56 Å². The van der Waals surface area contributed by atoms with Crippen molar-refractivity contribution in [1.29, 1.82) is 0 Å². The Morgan fingerprint density at radius 2 is 1.38 bits per heavy atom. The number of rotatable bonds is 4. The summed E-state index contributed by atoms with van der Waals surface area (Å²) >= 11 is 0. The predicted octanol–water partition coefficient (Wildman–Crippen LogP) is 4.51. The van der Waals surface area contributed by atoms with E-state index in [4.69, 9.17) is 0 Å². The number of aromatic hydroxyl groups is 1. The van der Waals surface area contributed by atoms with Crippen LogP contribution in [0.1, 0.15) is 44.9 Å². The van der Waals surface area contributed by atoms with Gasteiger partial charge < -0.3 is 10.4 Å². The summed E-state index contributed by atoms with van der Waals surface area (Å²) in [5, 5.41) is 13.2. The van der Waals surface area contributed by atoms with Gasteiger partial charge in [0, 0.05) is 6.04 Å². The predicted molar refractivity (Wildman–Crippen MR) is 88.4 cm³/mol. The van der Waals surface area contributed by atoms with E-state index in [-0.39, 0.29) is 11.5 Å². The molecule has 0 radical (unpaired) electrons.